The standard InChI is InChI=1S/C13H10BrFN2O3/c1-19-13(18)8-5-12(17-6-11(8)16)20-7-2-3-9(14)10(15)4-7/h2-6H,16H2,1H3. The van der Waals surface area contributed by atoms with Gasteiger partial charge in [0.2, 0.25) is 5.88 Å². The zero-order chi connectivity index (χ0) is 14.7. The zero-order valence-electron chi connectivity index (χ0n) is 10.4. The molecular formula is C13H10BrFN2O3. The first-order valence-corrected chi connectivity index (χ1v) is 6.27. The van der Waals surface area contributed by atoms with Crippen molar-refractivity contribution in [3.63, 3.8) is 0 Å². The van der Waals surface area contributed by atoms with Crippen molar-refractivity contribution in [2.24, 2.45) is 0 Å². The average molecular weight is 341 g/mol. The molecule has 0 bridgehead atoms. The topological polar surface area (TPSA) is 74.4 Å². The largest absolute Gasteiger partial charge is 0.465 e. The highest BCUT2D eigenvalue weighted by molar-refractivity contribution is 9.10. The van der Waals surface area contributed by atoms with Crippen molar-refractivity contribution >= 4 is 27.6 Å². The number of carbonyl (C=O) groups is 1. The molecule has 5 nitrogen and oxygen atoms in total. The van der Waals surface area contributed by atoms with Gasteiger partial charge in [0.05, 0.1) is 29.0 Å². The molecule has 0 spiro atoms. The summed E-state index contributed by atoms with van der Waals surface area (Å²) < 4.78 is 23.6. The van der Waals surface area contributed by atoms with Crippen LogP contribution in [0.2, 0.25) is 0 Å². The monoisotopic (exact) mass is 340 g/mol. The summed E-state index contributed by atoms with van der Waals surface area (Å²) in [5, 5.41) is 0. The van der Waals surface area contributed by atoms with E-state index < -0.39 is 11.8 Å². The Kier molecular flexibility index (Phi) is 4.19. The fourth-order valence-electron chi connectivity index (χ4n) is 1.45. The number of halogens is 2. The molecule has 104 valence electrons. The number of nitrogens with two attached hydrogens (primary N) is 1. The zero-order valence-corrected chi connectivity index (χ0v) is 12.0. The van der Waals surface area contributed by atoms with Crippen LogP contribution in [-0.4, -0.2) is 18.1 Å². The van der Waals surface area contributed by atoms with Gasteiger partial charge in [0.1, 0.15) is 11.6 Å². The third-order valence-corrected chi connectivity index (χ3v) is 3.07. The van der Waals surface area contributed by atoms with Gasteiger partial charge in [-0.2, -0.15) is 0 Å². The number of hydrogen-bond donors (Lipinski definition) is 1. The van der Waals surface area contributed by atoms with Gasteiger partial charge in [-0.1, -0.05) is 0 Å². The van der Waals surface area contributed by atoms with Crippen molar-refractivity contribution in [1.29, 1.82) is 0 Å². The van der Waals surface area contributed by atoms with Crippen LogP contribution in [0.3, 0.4) is 0 Å². The second kappa shape index (κ2) is 5.87. The van der Waals surface area contributed by atoms with Crippen LogP contribution in [0.4, 0.5) is 10.1 Å². The Hall–Kier alpha value is -2.15. The van der Waals surface area contributed by atoms with Crippen molar-refractivity contribution in [2.45, 2.75) is 0 Å². The summed E-state index contributed by atoms with van der Waals surface area (Å²) in [5.74, 6) is -0.706. The predicted molar refractivity (Wildman–Crippen MR) is 74.2 cm³/mol. The molecule has 2 rings (SSSR count). The maximum absolute atomic E-state index is 13.4. The van der Waals surface area contributed by atoms with E-state index in [-0.39, 0.29) is 22.9 Å². The van der Waals surface area contributed by atoms with Crippen LogP contribution in [0.1, 0.15) is 10.4 Å². The van der Waals surface area contributed by atoms with Crippen molar-refractivity contribution in [3.8, 4) is 11.6 Å². The molecule has 0 aliphatic heterocycles. The molecule has 0 aliphatic rings. The summed E-state index contributed by atoms with van der Waals surface area (Å²) in [5.41, 5.74) is 5.92. The number of hydrogen-bond acceptors (Lipinski definition) is 5. The molecular weight excluding hydrogens is 331 g/mol. The molecule has 0 fully saturated rings. The first kappa shape index (κ1) is 14.3. The normalized spacial score (nSPS) is 10.2. The minimum atomic E-state index is -0.600. The highest BCUT2D eigenvalue weighted by Crippen LogP contribution is 2.26. The highest BCUT2D eigenvalue weighted by Gasteiger charge is 2.13. The molecule has 0 unspecified atom stereocenters. The van der Waals surface area contributed by atoms with E-state index in [0.29, 0.717) is 4.47 Å². The number of ether oxygens (including phenoxy) is 2. The smallest absolute Gasteiger partial charge is 0.340 e. The van der Waals surface area contributed by atoms with E-state index in [9.17, 15) is 9.18 Å². The van der Waals surface area contributed by atoms with Gasteiger partial charge in [0, 0.05) is 12.1 Å². The summed E-state index contributed by atoms with van der Waals surface area (Å²) in [7, 11) is 1.24. The number of anilines is 1. The summed E-state index contributed by atoms with van der Waals surface area (Å²) in [6.07, 6.45) is 1.27. The number of carbonyl (C=O) groups excluding carboxylic acids is 1. The molecule has 1 heterocycles. The van der Waals surface area contributed by atoms with Crippen LogP contribution in [0.5, 0.6) is 11.6 Å². The predicted octanol–water partition coefficient (Wildman–Crippen LogP) is 3.14. The second-order valence-corrected chi connectivity index (χ2v) is 4.63. The third-order valence-electron chi connectivity index (χ3n) is 2.43. The Labute approximate surface area is 122 Å². The Bertz CT molecular complexity index is 664. The van der Waals surface area contributed by atoms with Gasteiger partial charge < -0.3 is 15.2 Å². The van der Waals surface area contributed by atoms with Crippen LogP contribution in [0.25, 0.3) is 0 Å². The van der Waals surface area contributed by atoms with Gasteiger partial charge >= 0.3 is 5.97 Å². The molecule has 0 atom stereocenters. The number of nitrogen functional groups attached to an aromatic ring is 1. The van der Waals surface area contributed by atoms with Gasteiger partial charge in [-0.25, -0.2) is 14.2 Å². The first-order valence-electron chi connectivity index (χ1n) is 5.48. The van der Waals surface area contributed by atoms with Crippen LogP contribution in [0.15, 0.2) is 34.9 Å². The quantitative estimate of drug-likeness (QED) is 0.868. The highest BCUT2D eigenvalue weighted by atomic mass is 79.9. The number of rotatable bonds is 3. The molecule has 1 aromatic heterocycles. The van der Waals surface area contributed by atoms with E-state index in [0.717, 1.165) is 0 Å². The van der Waals surface area contributed by atoms with Crippen molar-refractivity contribution < 1.29 is 18.7 Å². The molecule has 0 aliphatic carbocycles. The summed E-state index contributed by atoms with van der Waals surface area (Å²) in [6.45, 7) is 0. The Morgan fingerprint density at radius 1 is 1.40 bits per heavy atom. The minimum Gasteiger partial charge on any atom is -0.465 e. The lowest BCUT2D eigenvalue weighted by Crippen LogP contribution is -2.06. The van der Waals surface area contributed by atoms with Crippen LogP contribution in [-0.2, 0) is 4.74 Å². The van der Waals surface area contributed by atoms with Crippen LogP contribution >= 0.6 is 15.9 Å². The summed E-state index contributed by atoms with van der Waals surface area (Å²) in [4.78, 5) is 15.4. The first-order chi connectivity index (χ1) is 9.51. The number of benzene rings is 1. The maximum atomic E-state index is 13.4. The van der Waals surface area contributed by atoms with Gasteiger partial charge in [-0.05, 0) is 28.1 Å². The van der Waals surface area contributed by atoms with E-state index >= 15 is 0 Å². The summed E-state index contributed by atoms with van der Waals surface area (Å²) >= 11 is 3.04. The van der Waals surface area contributed by atoms with Gasteiger partial charge in [-0.15, -0.1) is 0 Å². The number of esters is 1. The number of methoxy groups -OCH3 is 1. The van der Waals surface area contributed by atoms with Gasteiger partial charge in [-0.3, -0.25) is 0 Å². The van der Waals surface area contributed by atoms with Gasteiger partial charge in [0.15, 0.2) is 0 Å². The number of aromatic nitrogens is 1. The van der Waals surface area contributed by atoms with Crippen LogP contribution in [0, 0.1) is 5.82 Å². The van der Waals surface area contributed by atoms with E-state index in [1.54, 1.807) is 6.07 Å². The van der Waals surface area contributed by atoms with Crippen molar-refractivity contribution in [1.82, 2.24) is 4.98 Å². The molecule has 0 saturated carbocycles. The SMILES string of the molecule is COC(=O)c1cc(Oc2ccc(Br)c(F)c2)ncc1N. The summed E-state index contributed by atoms with van der Waals surface area (Å²) in [6, 6.07) is 5.59. The molecule has 1 aromatic carbocycles. The average Bonchev–Trinajstić information content (AvgIpc) is 2.44. The van der Waals surface area contributed by atoms with E-state index in [4.69, 9.17) is 10.5 Å². The molecule has 0 amide bonds. The lowest BCUT2D eigenvalue weighted by atomic mass is 10.2. The Balaban J connectivity index is 2.29. The molecule has 0 saturated heterocycles. The molecule has 0 radical (unpaired) electrons. The fraction of sp³-hybridized carbons (Fsp3) is 0.0769. The van der Waals surface area contributed by atoms with E-state index in [2.05, 4.69) is 25.7 Å². The van der Waals surface area contributed by atoms with E-state index in [1.807, 2.05) is 0 Å². The molecule has 20 heavy (non-hydrogen) atoms. The van der Waals surface area contributed by atoms with Crippen molar-refractivity contribution in [2.75, 3.05) is 12.8 Å². The van der Waals surface area contributed by atoms with Gasteiger partial charge in [0.25, 0.3) is 0 Å². The fourth-order valence-corrected chi connectivity index (χ4v) is 1.70. The second-order valence-electron chi connectivity index (χ2n) is 3.78. The lowest BCUT2D eigenvalue weighted by molar-refractivity contribution is 0.0601. The van der Waals surface area contributed by atoms with E-state index in [1.165, 1.54) is 31.5 Å². The molecule has 7 heteroatoms. The Morgan fingerprint density at radius 3 is 2.80 bits per heavy atom. The lowest BCUT2D eigenvalue weighted by Gasteiger charge is -2.08. The van der Waals surface area contributed by atoms with Crippen LogP contribution < -0.4 is 10.5 Å². The molecule has 2 aromatic rings. The number of pyridine rings is 1. The Morgan fingerprint density at radius 2 is 2.15 bits per heavy atom. The molecule has 2 N–H and O–H groups in total. The minimum absolute atomic E-state index is 0.112. The third kappa shape index (κ3) is 3.05. The number of nitrogens with zero attached hydrogens (tertiary/aromatic N) is 1. The maximum Gasteiger partial charge on any atom is 0.340 e. The van der Waals surface area contributed by atoms with Crippen molar-refractivity contribution in [3.05, 3.63) is 46.3 Å².